The van der Waals surface area contributed by atoms with Crippen molar-refractivity contribution in [3.8, 4) is 11.1 Å². The van der Waals surface area contributed by atoms with Gasteiger partial charge in [0.05, 0.1) is 16.8 Å². The highest BCUT2D eigenvalue weighted by Gasteiger charge is 2.29. The normalized spacial score (nSPS) is 13.6. The van der Waals surface area contributed by atoms with Crippen LogP contribution in [0.4, 0.5) is 11.4 Å². The fraction of sp³-hybridized carbons (Fsp3) is 0.219. The Balaban J connectivity index is 1.33. The molecular weight excluding hydrogens is 540 g/mol. The summed E-state index contributed by atoms with van der Waals surface area (Å²) >= 11 is 6.79. The van der Waals surface area contributed by atoms with Crippen molar-refractivity contribution < 1.29 is 19.1 Å². The van der Waals surface area contributed by atoms with E-state index in [1.165, 1.54) is 24.8 Å². The first-order valence-electron chi connectivity index (χ1n) is 13.3. The SMILES string of the molecule is COC(c1ccc(C(=O)Nc2cccc(-c3cccc(NC(=O)c4ccc(C=O)cn4)c3C)c2Cl)nc1)C1CCC1. The van der Waals surface area contributed by atoms with E-state index in [1.54, 1.807) is 37.6 Å². The minimum Gasteiger partial charge on any atom is -0.376 e. The van der Waals surface area contributed by atoms with E-state index in [9.17, 15) is 14.4 Å². The number of ether oxygens (including phenoxy) is 1. The summed E-state index contributed by atoms with van der Waals surface area (Å²) in [6.45, 7) is 1.87. The van der Waals surface area contributed by atoms with Crippen molar-refractivity contribution in [3.63, 3.8) is 0 Å². The number of carbonyl (C=O) groups excluding carboxylic acids is 3. The van der Waals surface area contributed by atoms with E-state index >= 15 is 0 Å². The first-order chi connectivity index (χ1) is 19.9. The summed E-state index contributed by atoms with van der Waals surface area (Å²) in [6.07, 6.45) is 7.20. The maximum absolute atomic E-state index is 13.0. The van der Waals surface area contributed by atoms with Gasteiger partial charge in [-0.1, -0.05) is 48.4 Å². The molecule has 1 aliphatic rings. The highest BCUT2D eigenvalue weighted by molar-refractivity contribution is 6.36. The molecule has 0 bridgehead atoms. The van der Waals surface area contributed by atoms with E-state index < -0.39 is 5.91 Å². The standard InChI is InChI=1S/C32H29ClN4O4/c1-19-23(8-4-10-25(19)36-31(39)27-14-12-20(18-38)16-34-27)24-9-5-11-26(29(24)33)37-32(40)28-15-13-22(17-35-28)30(41-2)21-6-3-7-21/h4-5,8-18,21,30H,3,6-7H2,1-2H3,(H,36,39)(H,37,40). The number of nitrogens with one attached hydrogen (secondary N) is 2. The third-order valence-corrected chi connectivity index (χ3v) is 7.86. The fourth-order valence-corrected chi connectivity index (χ4v) is 5.21. The maximum atomic E-state index is 13.0. The lowest BCUT2D eigenvalue weighted by atomic mass is 9.79. The van der Waals surface area contributed by atoms with E-state index in [-0.39, 0.29) is 23.4 Å². The Kier molecular flexibility index (Phi) is 8.52. The highest BCUT2D eigenvalue weighted by atomic mass is 35.5. The Bertz CT molecular complexity index is 1580. The van der Waals surface area contributed by atoms with Crippen LogP contribution in [0.5, 0.6) is 0 Å². The number of rotatable bonds is 9. The third kappa shape index (κ3) is 6.04. The van der Waals surface area contributed by atoms with Gasteiger partial charge in [-0.15, -0.1) is 0 Å². The summed E-state index contributed by atoms with van der Waals surface area (Å²) in [5.41, 5.74) is 5.10. The van der Waals surface area contributed by atoms with E-state index in [1.807, 2.05) is 31.2 Å². The zero-order chi connectivity index (χ0) is 28.9. The van der Waals surface area contributed by atoms with E-state index in [0.29, 0.717) is 39.7 Å². The molecule has 2 aromatic heterocycles. The summed E-state index contributed by atoms with van der Waals surface area (Å²) < 4.78 is 5.68. The maximum Gasteiger partial charge on any atom is 0.274 e. The molecule has 2 amide bonds. The van der Waals surface area contributed by atoms with Crippen LogP contribution in [-0.2, 0) is 4.74 Å². The zero-order valence-corrected chi connectivity index (χ0v) is 23.4. The molecule has 2 aromatic carbocycles. The smallest absolute Gasteiger partial charge is 0.274 e. The molecule has 8 nitrogen and oxygen atoms in total. The number of halogens is 1. The van der Waals surface area contributed by atoms with Gasteiger partial charge in [-0.05, 0) is 72.7 Å². The van der Waals surface area contributed by atoms with Crippen LogP contribution in [0.1, 0.15) is 67.8 Å². The fourth-order valence-electron chi connectivity index (χ4n) is 4.93. The number of pyridine rings is 2. The predicted octanol–water partition coefficient (Wildman–Crippen LogP) is 6.91. The van der Waals surface area contributed by atoms with Gasteiger partial charge < -0.3 is 15.4 Å². The molecule has 41 heavy (non-hydrogen) atoms. The average molecular weight is 569 g/mol. The van der Waals surface area contributed by atoms with Crippen LogP contribution >= 0.6 is 11.6 Å². The van der Waals surface area contributed by atoms with Crippen molar-refractivity contribution in [2.24, 2.45) is 5.92 Å². The van der Waals surface area contributed by atoms with Crippen molar-refractivity contribution in [1.82, 2.24) is 9.97 Å². The van der Waals surface area contributed by atoms with Crippen LogP contribution in [0, 0.1) is 12.8 Å². The molecule has 1 aliphatic carbocycles. The highest BCUT2D eigenvalue weighted by Crippen LogP contribution is 2.40. The van der Waals surface area contributed by atoms with Crippen molar-refractivity contribution >= 4 is 41.1 Å². The first-order valence-corrected chi connectivity index (χ1v) is 13.7. The molecule has 0 aliphatic heterocycles. The largest absolute Gasteiger partial charge is 0.376 e. The second kappa shape index (κ2) is 12.4. The van der Waals surface area contributed by atoms with Gasteiger partial charge in [-0.2, -0.15) is 0 Å². The molecule has 208 valence electrons. The minimum atomic E-state index is -0.405. The van der Waals surface area contributed by atoms with Crippen LogP contribution in [0.2, 0.25) is 5.02 Å². The number of nitrogens with zero attached hydrogens (tertiary/aromatic N) is 2. The summed E-state index contributed by atoms with van der Waals surface area (Å²) in [5, 5.41) is 6.11. The summed E-state index contributed by atoms with van der Waals surface area (Å²) in [5.74, 6) is -0.290. The quantitative estimate of drug-likeness (QED) is 0.212. The number of amides is 2. The number of aldehydes is 1. The molecule has 4 aromatic rings. The number of hydrogen-bond acceptors (Lipinski definition) is 6. The lowest BCUT2D eigenvalue weighted by Gasteiger charge is -2.32. The van der Waals surface area contributed by atoms with E-state index in [4.69, 9.17) is 16.3 Å². The topological polar surface area (TPSA) is 110 Å². The first kappa shape index (κ1) is 28.1. The number of anilines is 2. The van der Waals surface area contributed by atoms with Crippen LogP contribution in [-0.4, -0.2) is 35.2 Å². The molecule has 1 fully saturated rings. The Morgan fingerprint density at radius 1 is 0.902 bits per heavy atom. The summed E-state index contributed by atoms with van der Waals surface area (Å²) in [7, 11) is 1.70. The molecule has 1 unspecified atom stereocenters. The lowest BCUT2D eigenvalue weighted by Crippen LogP contribution is -2.22. The predicted molar refractivity (Wildman–Crippen MR) is 158 cm³/mol. The zero-order valence-electron chi connectivity index (χ0n) is 22.7. The number of hydrogen-bond donors (Lipinski definition) is 2. The molecular formula is C32H29ClN4O4. The summed E-state index contributed by atoms with van der Waals surface area (Å²) in [4.78, 5) is 45.1. The van der Waals surface area contributed by atoms with Crippen LogP contribution < -0.4 is 10.6 Å². The van der Waals surface area contributed by atoms with Crippen LogP contribution in [0.15, 0.2) is 73.1 Å². The van der Waals surface area contributed by atoms with Crippen molar-refractivity contribution in [1.29, 1.82) is 0 Å². The molecule has 1 atom stereocenters. The lowest BCUT2D eigenvalue weighted by molar-refractivity contribution is 0.0176. The average Bonchev–Trinajstić information content (AvgIpc) is 2.97. The molecule has 2 heterocycles. The molecule has 2 N–H and O–H groups in total. The van der Waals surface area contributed by atoms with Crippen molar-refractivity contribution in [2.75, 3.05) is 17.7 Å². The molecule has 9 heteroatoms. The Morgan fingerprint density at radius 2 is 1.54 bits per heavy atom. The third-order valence-electron chi connectivity index (χ3n) is 7.45. The van der Waals surface area contributed by atoms with E-state index in [2.05, 4.69) is 20.6 Å². The molecule has 0 saturated heterocycles. The van der Waals surface area contributed by atoms with Crippen LogP contribution in [0.3, 0.4) is 0 Å². The molecule has 5 rings (SSSR count). The van der Waals surface area contributed by atoms with Gasteiger partial charge >= 0.3 is 0 Å². The van der Waals surface area contributed by atoms with Crippen molar-refractivity contribution in [2.45, 2.75) is 32.3 Å². The number of methoxy groups -OCH3 is 1. The number of carbonyl (C=O) groups is 3. The van der Waals surface area contributed by atoms with E-state index in [0.717, 1.165) is 29.5 Å². The van der Waals surface area contributed by atoms with Gasteiger partial charge in [0.2, 0.25) is 0 Å². The second-order valence-electron chi connectivity index (χ2n) is 9.97. The Morgan fingerprint density at radius 3 is 2.10 bits per heavy atom. The number of benzene rings is 2. The molecule has 0 spiro atoms. The van der Waals surface area contributed by atoms with Crippen molar-refractivity contribution in [3.05, 3.63) is 106 Å². The van der Waals surface area contributed by atoms with Gasteiger partial charge in [-0.3, -0.25) is 24.4 Å². The van der Waals surface area contributed by atoms with Gasteiger partial charge in [0.1, 0.15) is 11.4 Å². The molecule has 1 saturated carbocycles. The van der Waals surface area contributed by atoms with Crippen LogP contribution in [0.25, 0.3) is 11.1 Å². The number of aromatic nitrogens is 2. The minimum absolute atomic E-state index is 0.0115. The van der Waals surface area contributed by atoms with Gasteiger partial charge in [0.25, 0.3) is 11.8 Å². The second-order valence-corrected chi connectivity index (χ2v) is 10.4. The van der Waals surface area contributed by atoms with Gasteiger partial charge in [-0.25, -0.2) is 0 Å². The summed E-state index contributed by atoms with van der Waals surface area (Å²) in [6, 6.07) is 17.5. The Hall–Kier alpha value is -4.40. The van der Waals surface area contributed by atoms with Gasteiger partial charge in [0, 0.05) is 36.3 Å². The Labute approximate surface area is 243 Å². The molecule has 0 radical (unpaired) electrons. The van der Waals surface area contributed by atoms with Gasteiger partial charge in [0.15, 0.2) is 6.29 Å². The monoisotopic (exact) mass is 568 g/mol.